The molecular formula is C15H20N2O5S. The second-order valence-corrected chi connectivity index (χ2v) is 7.67. The van der Waals surface area contributed by atoms with Gasteiger partial charge in [0.2, 0.25) is 10.0 Å². The molecule has 0 saturated carbocycles. The fourth-order valence-electron chi connectivity index (χ4n) is 2.60. The minimum atomic E-state index is -3.32. The number of carbonyl (C=O) groups excluding carboxylic acids is 1. The van der Waals surface area contributed by atoms with Crippen molar-refractivity contribution in [1.82, 2.24) is 4.90 Å². The van der Waals surface area contributed by atoms with Crippen LogP contribution in [0.2, 0.25) is 0 Å². The van der Waals surface area contributed by atoms with Crippen molar-refractivity contribution in [3.8, 4) is 0 Å². The van der Waals surface area contributed by atoms with Crippen LogP contribution in [-0.4, -0.2) is 51.0 Å². The predicted octanol–water partition coefficient (Wildman–Crippen LogP) is 1.34. The highest BCUT2D eigenvalue weighted by Gasteiger charge is 2.28. The van der Waals surface area contributed by atoms with Crippen LogP contribution in [0.25, 0.3) is 0 Å². The summed E-state index contributed by atoms with van der Waals surface area (Å²) in [5, 5.41) is 0. The van der Waals surface area contributed by atoms with Crippen molar-refractivity contribution in [2.45, 2.75) is 26.0 Å². The number of rotatable bonds is 4. The zero-order chi connectivity index (χ0) is 16.4. The number of hydrogen-bond donors (Lipinski definition) is 1. The highest BCUT2D eigenvalue weighted by Crippen LogP contribution is 2.27. The summed E-state index contributed by atoms with van der Waals surface area (Å²) in [6.45, 7) is 3.44. The van der Waals surface area contributed by atoms with Gasteiger partial charge in [-0.25, -0.2) is 13.2 Å². The van der Waals surface area contributed by atoms with E-state index in [2.05, 4.69) is 4.72 Å². The Morgan fingerprint density at radius 3 is 2.87 bits per heavy atom. The Bertz CT molecular complexity index is 700. The Hall–Kier alpha value is -1.80. The van der Waals surface area contributed by atoms with E-state index in [0.717, 1.165) is 11.1 Å². The van der Waals surface area contributed by atoms with Crippen LogP contribution in [0.5, 0.6) is 0 Å². The summed E-state index contributed by atoms with van der Waals surface area (Å²) in [6, 6.07) is 5.46. The van der Waals surface area contributed by atoms with E-state index >= 15 is 0 Å². The van der Waals surface area contributed by atoms with Gasteiger partial charge < -0.3 is 14.4 Å². The summed E-state index contributed by atoms with van der Waals surface area (Å²) >= 11 is 0. The number of carbonyl (C=O) groups is 1. The van der Waals surface area contributed by atoms with Gasteiger partial charge in [-0.3, -0.25) is 4.72 Å². The molecule has 1 N–H and O–H groups in total. The maximum atomic E-state index is 12.1. The molecule has 0 aromatic heterocycles. The van der Waals surface area contributed by atoms with Crippen molar-refractivity contribution in [1.29, 1.82) is 0 Å². The average Bonchev–Trinajstić information content (AvgIpc) is 2.50. The SMILES string of the molecule is CCS(=O)(=O)Nc1cccc2c1CCN(C(=O)OC1COC1)C2. The van der Waals surface area contributed by atoms with Gasteiger partial charge >= 0.3 is 6.09 Å². The van der Waals surface area contributed by atoms with Gasteiger partial charge in [0.25, 0.3) is 0 Å². The molecule has 2 aliphatic rings. The maximum Gasteiger partial charge on any atom is 0.410 e. The summed E-state index contributed by atoms with van der Waals surface area (Å²) in [6.07, 6.45) is 0.101. The van der Waals surface area contributed by atoms with Crippen LogP contribution in [0.15, 0.2) is 18.2 Å². The van der Waals surface area contributed by atoms with Crippen molar-refractivity contribution in [3.63, 3.8) is 0 Å². The van der Waals surface area contributed by atoms with Crippen LogP contribution in [0.1, 0.15) is 18.1 Å². The molecule has 1 fully saturated rings. The molecule has 1 aromatic carbocycles. The number of amides is 1. The van der Waals surface area contributed by atoms with Gasteiger partial charge in [-0.05, 0) is 30.5 Å². The lowest BCUT2D eigenvalue weighted by atomic mass is 9.98. The molecule has 1 aromatic rings. The normalized spacial score (nSPS) is 18.0. The average molecular weight is 340 g/mol. The summed E-state index contributed by atoms with van der Waals surface area (Å²) in [7, 11) is -3.32. The van der Waals surface area contributed by atoms with Crippen molar-refractivity contribution < 1.29 is 22.7 Å². The van der Waals surface area contributed by atoms with Crippen LogP contribution < -0.4 is 4.72 Å². The van der Waals surface area contributed by atoms with Crippen LogP contribution in [-0.2, 0) is 32.5 Å². The maximum absolute atomic E-state index is 12.1. The lowest BCUT2D eigenvalue weighted by molar-refractivity contribution is -0.105. The van der Waals surface area contributed by atoms with Crippen molar-refractivity contribution >= 4 is 21.8 Å². The largest absolute Gasteiger partial charge is 0.441 e. The van der Waals surface area contributed by atoms with Gasteiger partial charge in [-0.2, -0.15) is 0 Å². The number of nitrogens with one attached hydrogen (secondary N) is 1. The van der Waals surface area contributed by atoms with Crippen LogP contribution in [0.3, 0.4) is 0 Å². The molecule has 2 aliphatic heterocycles. The fourth-order valence-corrected chi connectivity index (χ4v) is 3.27. The van der Waals surface area contributed by atoms with Gasteiger partial charge in [0, 0.05) is 13.1 Å². The molecule has 7 nitrogen and oxygen atoms in total. The number of fused-ring (bicyclic) bond motifs is 1. The van der Waals surface area contributed by atoms with E-state index < -0.39 is 10.0 Å². The first-order valence-electron chi connectivity index (χ1n) is 7.63. The molecule has 23 heavy (non-hydrogen) atoms. The number of nitrogens with zero attached hydrogens (tertiary/aromatic N) is 1. The molecule has 2 heterocycles. The van der Waals surface area contributed by atoms with E-state index in [1.165, 1.54) is 0 Å². The Kier molecular flexibility index (Phi) is 4.45. The molecule has 0 radical (unpaired) electrons. The van der Waals surface area contributed by atoms with Crippen molar-refractivity contribution in [3.05, 3.63) is 29.3 Å². The summed E-state index contributed by atoms with van der Waals surface area (Å²) in [5.74, 6) is 0.0264. The molecule has 0 atom stereocenters. The number of anilines is 1. The highest BCUT2D eigenvalue weighted by molar-refractivity contribution is 7.92. The first-order valence-corrected chi connectivity index (χ1v) is 9.28. The summed E-state index contributed by atoms with van der Waals surface area (Å²) in [5.41, 5.74) is 2.49. The smallest absolute Gasteiger partial charge is 0.410 e. The van der Waals surface area contributed by atoms with E-state index in [1.54, 1.807) is 24.0 Å². The van der Waals surface area contributed by atoms with E-state index in [0.29, 0.717) is 38.4 Å². The van der Waals surface area contributed by atoms with E-state index in [-0.39, 0.29) is 18.0 Å². The van der Waals surface area contributed by atoms with Crippen LogP contribution >= 0.6 is 0 Å². The molecule has 8 heteroatoms. The Balaban J connectivity index is 1.72. The van der Waals surface area contributed by atoms with Crippen LogP contribution in [0, 0.1) is 0 Å². The molecule has 0 spiro atoms. The Labute approximate surface area is 135 Å². The molecule has 1 amide bonds. The van der Waals surface area contributed by atoms with E-state index in [1.807, 2.05) is 6.07 Å². The van der Waals surface area contributed by atoms with E-state index in [9.17, 15) is 13.2 Å². The van der Waals surface area contributed by atoms with Crippen LogP contribution in [0.4, 0.5) is 10.5 Å². The lowest BCUT2D eigenvalue weighted by Crippen LogP contribution is -2.44. The number of benzene rings is 1. The first kappa shape index (κ1) is 16.1. The zero-order valence-corrected chi connectivity index (χ0v) is 13.8. The Morgan fingerprint density at radius 1 is 1.43 bits per heavy atom. The predicted molar refractivity (Wildman–Crippen MR) is 84.7 cm³/mol. The molecule has 0 unspecified atom stereocenters. The fraction of sp³-hybridized carbons (Fsp3) is 0.533. The number of hydrogen-bond acceptors (Lipinski definition) is 5. The topological polar surface area (TPSA) is 84.9 Å². The highest BCUT2D eigenvalue weighted by atomic mass is 32.2. The molecule has 0 bridgehead atoms. The number of sulfonamides is 1. The van der Waals surface area contributed by atoms with Gasteiger partial charge in [-0.1, -0.05) is 12.1 Å². The van der Waals surface area contributed by atoms with Gasteiger partial charge in [0.15, 0.2) is 6.10 Å². The second kappa shape index (κ2) is 6.37. The third-order valence-electron chi connectivity index (χ3n) is 4.04. The zero-order valence-electron chi connectivity index (χ0n) is 12.9. The first-order chi connectivity index (χ1) is 11.0. The monoisotopic (exact) mass is 340 g/mol. The van der Waals surface area contributed by atoms with Gasteiger partial charge in [-0.15, -0.1) is 0 Å². The third-order valence-corrected chi connectivity index (χ3v) is 5.34. The van der Waals surface area contributed by atoms with Gasteiger partial charge in [0.05, 0.1) is 24.7 Å². The molecule has 1 saturated heterocycles. The minimum absolute atomic E-state index is 0.0264. The number of ether oxygens (including phenoxy) is 2. The standard InChI is InChI=1S/C15H20N2O5S/c1-2-23(19,20)16-14-5-3-4-11-8-17(7-6-13(11)14)15(18)22-12-9-21-10-12/h3-5,12,16H,2,6-10H2,1H3. The molecular weight excluding hydrogens is 320 g/mol. The third kappa shape index (κ3) is 3.59. The summed E-state index contributed by atoms with van der Waals surface area (Å²) in [4.78, 5) is 13.7. The second-order valence-electron chi connectivity index (χ2n) is 5.66. The minimum Gasteiger partial charge on any atom is -0.441 e. The summed E-state index contributed by atoms with van der Waals surface area (Å²) < 4.78 is 36.5. The quantitative estimate of drug-likeness (QED) is 0.894. The van der Waals surface area contributed by atoms with E-state index in [4.69, 9.17) is 9.47 Å². The molecule has 126 valence electrons. The molecule has 0 aliphatic carbocycles. The van der Waals surface area contributed by atoms with Crippen molar-refractivity contribution in [2.75, 3.05) is 30.2 Å². The lowest BCUT2D eigenvalue weighted by Gasteiger charge is -2.32. The van der Waals surface area contributed by atoms with Gasteiger partial charge in [0.1, 0.15) is 0 Å². The Morgan fingerprint density at radius 2 is 2.22 bits per heavy atom. The van der Waals surface area contributed by atoms with Crippen molar-refractivity contribution in [2.24, 2.45) is 0 Å². The molecule has 3 rings (SSSR count).